The van der Waals surface area contributed by atoms with Crippen LogP contribution in [0.5, 0.6) is 0 Å². The summed E-state index contributed by atoms with van der Waals surface area (Å²) >= 11 is 0. The first-order valence-electron chi connectivity index (χ1n) is 7.63. The van der Waals surface area contributed by atoms with Crippen molar-refractivity contribution in [2.24, 2.45) is 0 Å². The predicted octanol–water partition coefficient (Wildman–Crippen LogP) is 3.32. The molecule has 0 radical (unpaired) electrons. The van der Waals surface area contributed by atoms with Crippen molar-refractivity contribution in [3.05, 3.63) is 35.6 Å². The summed E-state index contributed by atoms with van der Waals surface area (Å²) in [7, 11) is 2.25. The lowest BCUT2D eigenvalue weighted by molar-refractivity contribution is 0.216. The molecule has 3 heteroatoms. The van der Waals surface area contributed by atoms with Gasteiger partial charge in [0, 0.05) is 23.5 Å². The van der Waals surface area contributed by atoms with Crippen LogP contribution in [0.15, 0.2) is 28.7 Å². The molecule has 3 rings (SSSR count). The summed E-state index contributed by atoms with van der Waals surface area (Å²) in [5.74, 6) is 1.06. The first-order valence-corrected chi connectivity index (χ1v) is 7.63. The Morgan fingerprint density at radius 1 is 1.25 bits per heavy atom. The fraction of sp³-hybridized carbons (Fsp3) is 0.529. The van der Waals surface area contributed by atoms with Crippen molar-refractivity contribution >= 4 is 11.0 Å². The van der Waals surface area contributed by atoms with Gasteiger partial charge in [-0.1, -0.05) is 18.2 Å². The summed E-state index contributed by atoms with van der Waals surface area (Å²) in [4.78, 5) is 2.50. The van der Waals surface area contributed by atoms with Crippen LogP contribution in [0.3, 0.4) is 0 Å². The number of nitrogens with one attached hydrogen (secondary N) is 1. The molecule has 1 aromatic carbocycles. The monoisotopic (exact) mass is 272 g/mol. The average Bonchev–Trinajstić information content (AvgIpc) is 2.66. The Morgan fingerprint density at radius 3 is 3.00 bits per heavy atom. The largest absolute Gasteiger partial charge is 0.461 e. The Morgan fingerprint density at radius 2 is 2.10 bits per heavy atom. The second kappa shape index (κ2) is 5.98. The lowest BCUT2D eigenvalue weighted by atomic mass is 10.1. The zero-order valence-corrected chi connectivity index (χ0v) is 12.5. The van der Waals surface area contributed by atoms with Crippen LogP contribution in [-0.2, 0) is 6.54 Å². The van der Waals surface area contributed by atoms with Gasteiger partial charge in [-0.3, -0.25) is 4.90 Å². The van der Waals surface area contributed by atoms with Gasteiger partial charge >= 0.3 is 0 Å². The molecule has 0 bridgehead atoms. The highest BCUT2D eigenvalue weighted by Gasteiger charge is 2.19. The van der Waals surface area contributed by atoms with Gasteiger partial charge in [-0.2, -0.15) is 0 Å². The summed E-state index contributed by atoms with van der Waals surface area (Å²) < 4.78 is 5.87. The Labute approximate surface area is 120 Å². The van der Waals surface area contributed by atoms with E-state index in [4.69, 9.17) is 4.42 Å². The molecule has 0 aliphatic carbocycles. The minimum absolute atomic E-state index is 0.679. The minimum Gasteiger partial charge on any atom is -0.461 e. The van der Waals surface area contributed by atoms with E-state index in [2.05, 4.69) is 42.4 Å². The van der Waals surface area contributed by atoms with Crippen LogP contribution in [-0.4, -0.2) is 31.1 Å². The number of hydrogen-bond donors (Lipinski definition) is 1. The number of rotatable bonds is 3. The van der Waals surface area contributed by atoms with Crippen molar-refractivity contribution in [3.8, 4) is 0 Å². The summed E-state index contributed by atoms with van der Waals surface area (Å²) in [6.07, 6.45) is 3.81. The van der Waals surface area contributed by atoms with E-state index in [1.165, 1.54) is 30.2 Å². The fourth-order valence-corrected chi connectivity index (χ4v) is 3.24. The quantitative estimate of drug-likeness (QED) is 0.929. The van der Waals surface area contributed by atoms with Crippen molar-refractivity contribution in [1.82, 2.24) is 10.2 Å². The van der Waals surface area contributed by atoms with Crippen molar-refractivity contribution in [3.63, 3.8) is 0 Å². The number of fused-ring (bicyclic) bond motifs is 1. The van der Waals surface area contributed by atoms with Crippen LogP contribution in [0.25, 0.3) is 11.0 Å². The zero-order valence-electron chi connectivity index (χ0n) is 12.5. The summed E-state index contributed by atoms with van der Waals surface area (Å²) in [6.45, 7) is 5.36. The SMILES string of the molecule is Cc1oc2ccccc2c1CN(C)C1CCCNCC1. The highest BCUT2D eigenvalue weighted by molar-refractivity contribution is 5.82. The van der Waals surface area contributed by atoms with Crippen LogP contribution in [0, 0.1) is 6.92 Å². The molecule has 0 spiro atoms. The third-order valence-electron chi connectivity index (χ3n) is 4.48. The second-order valence-corrected chi connectivity index (χ2v) is 5.88. The first kappa shape index (κ1) is 13.7. The van der Waals surface area contributed by atoms with Crippen LogP contribution < -0.4 is 5.32 Å². The number of nitrogens with zero attached hydrogens (tertiary/aromatic N) is 1. The molecule has 1 atom stereocenters. The molecular weight excluding hydrogens is 248 g/mol. The molecule has 2 heterocycles. The number of hydrogen-bond acceptors (Lipinski definition) is 3. The molecule has 0 saturated carbocycles. The lowest BCUT2D eigenvalue weighted by Crippen LogP contribution is -2.32. The molecule has 2 aromatic rings. The number of aryl methyl sites for hydroxylation is 1. The van der Waals surface area contributed by atoms with E-state index >= 15 is 0 Å². The summed E-state index contributed by atoms with van der Waals surface area (Å²) in [5.41, 5.74) is 2.36. The molecule has 108 valence electrons. The second-order valence-electron chi connectivity index (χ2n) is 5.88. The topological polar surface area (TPSA) is 28.4 Å². The van der Waals surface area contributed by atoms with E-state index in [0.717, 1.165) is 31.0 Å². The van der Waals surface area contributed by atoms with E-state index in [9.17, 15) is 0 Å². The Balaban J connectivity index is 1.79. The molecule has 1 aliphatic heterocycles. The van der Waals surface area contributed by atoms with E-state index in [-0.39, 0.29) is 0 Å². The van der Waals surface area contributed by atoms with Crippen LogP contribution >= 0.6 is 0 Å². The molecule has 1 N–H and O–H groups in total. The molecule has 1 fully saturated rings. The normalized spacial score (nSPS) is 20.4. The van der Waals surface area contributed by atoms with E-state index < -0.39 is 0 Å². The minimum atomic E-state index is 0.679. The standard InChI is InChI=1S/C17H24N2O/c1-13-16(15-7-3-4-8-17(15)20-13)12-19(2)14-6-5-10-18-11-9-14/h3-4,7-8,14,18H,5-6,9-12H2,1-2H3. The summed E-state index contributed by atoms with van der Waals surface area (Å²) in [5, 5.41) is 4.75. The molecular formula is C17H24N2O. The first-order chi connectivity index (χ1) is 9.75. The van der Waals surface area contributed by atoms with Crippen LogP contribution in [0.2, 0.25) is 0 Å². The molecule has 3 nitrogen and oxygen atoms in total. The Hall–Kier alpha value is -1.32. The number of furan rings is 1. The van der Waals surface area contributed by atoms with Gasteiger partial charge in [0.1, 0.15) is 11.3 Å². The van der Waals surface area contributed by atoms with Gasteiger partial charge in [-0.15, -0.1) is 0 Å². The smallest absolute Gasteiger partial charge is 0.134 e. The van der Waals surface area contributed by atoms with Gasteiger partial charge in [-0.05, 0) is 52.4 Å². The molecule has 1 saturated heterocycles. The van der Waals surface area contributed by atoms with Gasteiger partial charge < -0.3 is 9.73 Å². The van der Waals surface area contributed by atoms with Crippen molar-refractivity contribution in [2.75, 3.05) is 20.1 Å². The molecule has 20 heavy (non-hydrogen) atoms. The van der Waals surface area contributed by atoms with Crippen molar-refractivity contribution in [1.29, 1.82) is 0 Å². The van der Waals surface area contributed by atoms with Crippen molar-refractivity contribution < 1.29 is 4.42 Å². The van der Waals surface area contributed by atoms with E-state index in [1.807, 2.05) is 6.07 Å². The number of benzene rings is 1. The molecule has 1 aromatic heterocycles. The maximum Gasteiger partial charge on any atom is 0.134 e. The highest BCUT2D eigenvalue weighted by atomic mass is 16.3. The van der Waals surface area contributed by atoms with Gasteiger partial charge in [-0.25, -0.2) is 0 Å². The maximum absolute atomic E-state index is 5.87. The third-order valence-corrected chi connectivity index (χ3v) is 4.48. The Kier molecular flexibility index (Phi) is 4.08. The molecule has 0 amide bonds. The van der Waals surface area contributed by atoms with Gasteiger partial charge in [0.25, 0.3) is 0 Å². The van der Waals surface area contributed by atoms with Crippen LogP contribution in [0.1, 0.15) is 30.6 Å². The van der Waals surface area contributed by atoms with Gasteiger partial charge in [0.2, 0.25) is 0 Å². The molecule has 1 unspecified atom stereocenters. The predicted molar refractivity (Wildman–Crippen MR) is 82.9 cm³/mol. The van der Waals surface area contributed by atoms with Crippen LogP contribution in [0.4, 0.5) is 0 Å². The highest BCUT2D eigenvalue weighted by Crippen LogP contribution is 2.27. The fourth-order valence-electron chi connectivity index (χ4n) is 3.24. The third kappa shape index (κ3) is 2.74. The average molecular weight is 272 g/mol. The number of para-hydroxylation sites is 1. The maximum atomic E-state index is 5.87. The lowest BCUT2D eigenvalue weighted by Gasteiger charge is -2.26. The van der Waals surface area contributed by atoms with E-state index in [0.29, 0.717) is 6.04 Å². The molecule has 1 aliphatic rings. The van der Waals surface area contributed by atoms with Gasteiger partial charge in [0.05, 0.1) is 0 Å². The van der Waals surface area contributed by atoms with Crippen molar-refractivity contribution in [2.45, 2.75) is 38.8 Å². The summed E-state index contributed by atoms with van der Waals surface area (Å²) in [6, 6.07) is 9.04. The van der Waals surface area contributed by atoms with Gasteiger partial charge in [0.15, 0.2) is 0 Å². The zero-order chi connectivity index (χ0) is 13.9. The van der Waals surface area contributed by atoms with E-state index in [1.54, 1.807) is 0 Å². The Bertz CT molecular complexity index is 567.